The molecule has 0 radical (unpaired) electrons. The third kappa shape index (κ3) is 1.28. The van der Waals surface area contributed by atoms with Gasteiger partial charge in [-0.2, -0.15) is 0 Å². The maximum atomic E-state index is 13.3. The molecule has 5 heteroatoms. The first-order chi connectivity index (χ1) is 6.68. The quantitative estimate of drug-likeness (QED) is 0.725. The van der Waals surface area contributed by atoms with Gasteiger partial charge in [0.15, 0.2) is 11.6 Å². The number of aromatic nitrogens is 1. The zero-order valence-electron chi connectivity index (χ0n) is 7.07. The highest BCUT2D eigenvalue weighted by molar-refractivity contribution is 5.63. The van der Waals surface area contributed by atoms with Crippen molar-refractivity contribution in [2.75, 3.05) is 5.73 Å². The third-order valence-corrected chi connectivity index (χ3v) is 1.78. The minimum absolute atomic E-state index is 0.0998. The Morgan fingerprint density at radius 2 is 2.21 bits per heavy atom. The summed E-state index contributed by atoms with van der Waals surface area (Å²) < 4.78 is 17.9. The summed E-state index contributed by atoms with van der Waals surface area (Å²) in [4.78, 5) is 0. The second-order valence-electron chi connectivity index (χ2n) is 2.75. The van der Waals surface area contributed by atoms with Crippen molar-refractivity contribution < 1.29 is 14.0 Å². The van der Waals surface area contributed by atoms with Gasteiger partial charge in [-0.15, -0.1) is 0 Å². The largest absolute Gasteiger partial charge is 0.505 e. The first kappa shape index (κ1) is 8.55. The van der Waals surface area contributed by atoms with Crippen LogP contribution in [0, 0.1) is 5.82 Å². The van der Waals surface area contributed by atoms with E-state index in [0.29, 0.717) is 0 Å². The van der Waals surface area contributed by atoms with Crippen LogP contribution in [0.2, 0.25) is 0 Å². The molecule has 0 bridgehead atoms. The molecule has 1 heterocycles. The molecule has 72 valence electrons. The number of anilines is 1. The van der Waals surface area contributed by atoms with Crippen LogP contribution in [0.25, 0.3) is 11.3 Å². The van der Waals surface area contributed by atoms with Gasteiger partial charge in [0.2, 0.25) is 5.88 Å². The van der Waals surface area contributed by atoms with Gasteiger partial charge in [0.05, 0.1) is 0 Å². The molecule has 1 aromatic carbocycles. The molecule has 0 aliphatic rings. The number of hydrogen-bond acceptors (Lipinski definition) is 4. The monoisotopic (exact) mass is 194 g/mol. The lowest BCUT2D eigenvalue weighted by Crippen LogP contribution is -1.84. The van der Waals surface area contributed by atoms with E-state index in [1.54, 1.807) is 0 Å². The average molecular weight is 194 g/mol. The zero-order chi connectivity index (χ0) is 10.1. The fraction of sp³-hybridized carbons (Fsp3) is 0. The van der Waals surface area contributed by atoms with Gasteiger partial charge in [-0.05, 0) is 12.1 Å². The molecule has 4 nitrogen and oxygen atoms in total. The standard InChI is InChI=1S/C9H7FN2O2/c10-9-5(2-1-3-7(9)13)6-4-8(11)14-12-6/h1-4,13H,11H2. The van der Waals surface area contributed by atoms with E-state index in [4.69, 9.17) is 10.8 Å². The van der Waals surface area contributed by atoms with Crippen LogP contribution in [0.15, 0.2) is 28.8 Å². The van der Waals surface area contributed by atoms with Gasteiger partial charge >= 0.3 is 0 Å². The Labute approximate surface area is 78.8 Å². The first-order valence-electron chi connectivity index (χ1n) is 3.88. The van der Waals surface area contributed by atoms with E-state index in [0.717, 1.165) is 0 Å². The Balaban J connectivity index is 2.57. The topological polar surface area (TPSA) is 72.3 Å². The summed E-state index contributed by atoms with van der Waals surface area (Å²) in [6, 6.07) is 5.63. The lowest BCUT2D eigenvalue weighted by molar-refractivity contribution is 0.429. The smallest absolute Gasteiger partial charge is 0.222 e. The first-order valence-corrected chi connectivity index (χ1v) is 3.88. The molecule has 0 unspecified atom stereocenters. The Morgan fingerprint density at radius 3 is 2.86 bits per heavy atom. The predicted molar refractivity (Wildman–Crippen MR) is 48.0 cm³/mol. The number of phenolic OH excluding ortho intramolecular Hbond substituents is 1. The van der Waals surface area contributed by atoms with Gasteiger partial charge in [0, 0.05) is 11.6 Å². The lowest BCUT2D eigenvalue weighted by atomic mass is 10.1. The van der Waals surface area contributed by atoms with E-state index in [-0.39, 0.29) is 17.1 Å². The molecule has 0 spiro atoms. The summed E-state index contributed by atoms with van der Waals surface area (Å²) in [7, 11) is 0. The maximum absolute atomic E-state index is 13.3. The van der Waals surface area contributed by atoms with E-state index in [2.05, 4.69) is 9.68 Å². The van der Waals surface area contributed by atoms with Crippen LogP contribution in [-0.4, -0.2) is 10.3 Å². The van der Waals surface area contributed by atoms with Crippen molar-refractivity contribution in [1.29, 1.82) is 0 Å². The summed E-state index contributed by atoms with van der Waals surface area (Å²) in [6.45, 7) is 0. The number of nitrogen functional groups attached to an aromatic ring is 1. The number of halogens is 1. The Morgan fingerprint density at radius 1 is 1.43 bits per heavy atom. The molecule has 0 aliphatic heterocycles. The minimum Gasteiger partial charge on any atom is -0.505 e. The van der Waals surface area contributed by atoms with E-state index >= 15 is 0 Å². The number of hydrogen-bond donors (Lipinski definition) is 2. The maximum Gasteiger partial charge on any atom is 0.222 e. The summed E-state index contributed by atoms with van der Waals surface area (Å²) in [5.41, 5.74) is 5.71. The summed E-state index contributed by atoms with van der Waals surface area (Å²) in [5, 5.41) is 12.6. The molecule has 14 heavy (non-hydrogen) atoms. The molecule has 2 aromatic rings. The van der Waals surface area contributed by atoms with Crippen molar-refractivity contribution in [1.82, 2.24) is 5.16 Å². The number of aromatic hydroxyl groups is 1. The van der Waals surface area contributed by atoms with Crippen LogP contribution in [0.5, 0.6) is 5.75 Å². The zero-order valence-corrected chi connectivity index (χ0v) is 7.07. The van der Waals surface area contributed by atoms with Crippen molar-refractivity contribution in [3.63, 3.8) is 0 Å². The molecule has 0 saturated heterocycles. The third-order valence-electron chi connectivity index (χ3n) is 1.78. The van der Waals surface area contributed by atoms with Crippen LogP contribution in [-0.2, 0) is 0 Å². The minimum atomic E-state index is -0.735. The van der Waals surface area contributed by atoms with Crippen molar-refractivity contribution >= 4 is 5.88 Å². The number of rotatable bonds is 1. The van der Waals surface area contributed by atoms with Crippen LogP contribution in [0.3, 0.4) is 0 Å². The van der Waals surface area contributed by atoms with Gasteiger partial charge in [0.1, 0.15) is 5.69 Å². The normalized spacial score (nSPS) is 10.4. The second-order valence-corrected chi connectivity index (χ2v) is 2.75. The van der Waals surface area contributed by atoms with Crippen LogP contribution in [0.1, 0.15) is 0 Å². The van der Waals surface area contributed by atoms with Gasteiger partial charge in [0.25, 0.3) is 0 Å². The van der Waals surface area contributed by atoms with Crippen LogP contribution < -0.4 is 5.73 Å². The van der Waals surface area contributed by atoms with Gasteiger partial charge in [-0.1, -0.05) is 11.2 Å². The fourth-order valence-corrected chi connectivity index (χ4v) is 1.13. The highest BCUT2D eigenvalue weighted by Gasteiger charge is 2.12. The van der Waals surface area contributed by atoms with Crippen LogP contribution >= 0.6 is 0 Å². The molecule has 0 aliphatic carbocycles. The molecule has 0 atom stereocenters. The second kappa shape index (κ2) is 3.02. The van der Waals surface area contributed by atoms with E-state index < -0.39 is 11.6 Å². The van der Waals surface area contributed by atoms with Crippen LogP contribution in [0.4, 0.5) is 10.3 Å². The molecule has 1 aromatic heterocycles. The van der Waals surface area contributed by atoms with Gasteiger partial charge in [-0.3, -0.25) is 0 Å². The predicted octanol–water partition coefficient (Wildman–Crippen LogP) is 1.77. The number of nitrogens with two attached hydrogens (primary N) is 1. The van der Waals surface area contributed by atoms with E-state index in [9.17, 15) is 4.39 Å². The van der Waals surface area contributed by atoms with Gasteiger partial charge < -0.3 is 15.4 Å². The van der Waals surface area contributed by atoms with E-state index in [1.807, 2.05) is 0 Å². The molecular formula is C9H7FN2O2. The Bertz CT molecular complexity index is 468. The fourth-order valence-electron chi connectivity index (χ4n) is 1.13. The summed E-state index contributed by atoms with van der Waals surface area (Å²) in [5.74, 6) is -1.06. The Kier molecular flexibility index (Phi) is 1.85. The summed E-state index contributed by atoms with van der Waals surface area (Å²) >= 11 is 0. The van der Waals surface area contributed by atoms with Crippen molar-refractivity contribution in [3.05, 3.63) is 30.1 Å². The Hall–Kier alpha value is -2.04. The van der Waals surface area contributed by atoms with E-state index in [1.165, 1.54) is 24.3 Å². The summed E-state index contributed by atoms with van der Waals surface area (Å²) in [6.07, 6.45) is 0. The number of nitrogens with zero attached hydrogens (tertiary/aromatic N) is 1. The van der Waals surface area contributed by atoms with Crippen molar-refractivity contribution in [3.8, 4) is 17.0 Å². The molecule has 2 rings (SSSR count). The SMILES string of the molecule is Nc1cc(-c2cccc(O)c2F)no1. The lowest BCUT2D eigenvalue weighted by Gasteiger charge is -1.99. The van der Waals surface area contributed by atoms with Crippen molar-refractivity contribution in [2.45, 2.75) is 0 Å². The van der Waals surface area contributed by atoms with Gasteiger partial charge in [-0.25, -0.2) is 4.39 Å². The molecule has 3 N–H and O–H groups in total. The molecule has 0 saturated carbocycles. The molecule has 0 fully saturated rings. The highest BCUT2D eigenvalue weighted by Crippen LogP contribution is 2.28. The number of phenols is 1. The average Bonchev–Trinajstić information content (AvgIpc) is 2.57. The molecule has 0 amide bonds. The molecular weight excluding hydrogens is 187 g/mol. The highest BCUT2D eigenvalue weighted by atomic mass is 19.1. The van der Waals surface area contributed by atoms with Crippen molar-refractivity contribution in [2.24, 2.45) is 0 Å². The number of benzene rings is 1.